The summed E-state index contributed by atoms with van der Waals surface area (Å²) in [5.74, 6) is 0.637. The van der Waals surface area contributed by atoms with Crippen molar-refractivity contribution in [2.24, 2.45) is 0 Å². The number of thiophene rings is 1. The van der Waals surface area contributed by atoms with E-state index in [-0.39, 0.29) is 18.0 Å². The van der Waals surface area contributed by atoms with Crippen molar-refractivity contribution in [2.75, 3.05) is 13.1 Å². The van der Waals surface area contributed by atoms with E-state index in [4.69, 9.17) is 0 Å². The lowest BCUT2D eigenvalue weighted by atomic mass is 9.93. The van der Waals surface area contributed by atoms with Crippen LogP contribution in [0.25, 0.3) is 15.7 Å². The summed E-state index contributed by atoms with van der Waals surface area (Å²) in [6, 6.07) is 5.16. The molecule has 0 bridgehead atoms. The van der Waals surface area contributed by atoms with Gasteiger partial charge in [-0.25, -0.2) is 4.68 Å². The molecular weight excluding hydrogens is 434 g/mol. The molecule has 3 heterocycles. The first kappa shape index (κ1) is 24.0. The van der Waals surface area contributed by atoms with Crippen LogP contribution in [-0.4, -0.2) is 50.2 Å². The molecule has 4 rings (SSSR count). The average Bonchev–Trinajstić information content (AvgIpc) is 3.35. The molecular formula is C25H37N5O2S. The highest BCUT2D eigenvalue weighted by atomic mass is 32.1. The summed E-state index contributed by atoms with van der Waals surface area (Å²) >= 11 is 1.67. The number of amides is 1. The number of nitrogens with one attached hydrogen (secondary N) is 1. The fourth-order valence-corrected chi connectivity index (χ4v) is 6.12. The van der Waals surface area contributed by atoms with Crippen LogP contribution >= 0.6 is 11.3 Å². The maximum atomic E-state index is 13.1. The topological polar surface area (TPSA) is 71.6 Å². The molecule has 8 heteroatoms. The lowest BCUT2D eigenvalue weighted by molar-refractivity contribution is -0.122. The highest BCUT2D eigenvalue weighted by molar-refractivity contribution is 7.19. The second-order valence-electron chi connectivity index (χ2n) is 9.34. The molecule has 33 heavy (non-hydrogen) atoms. The van der Waals surface area contributed by atoms with E-state index < -0.39 is 0 Å². The molecule has 1 amide bonds. The number of aryl methyl sites for hydroxylation is 2. The summed E-state index contributed by atoms with van der Waals surface area (Å²) < 4.78 is 4.35. The zero-order valence-corrected chi connectivity index (χ0v) is 21.2. The molecule has 0 radical (unpaired) electrons. The molecule has 1 aliphatic rings. The Morgan fingerprint density at radius 3 is 2.70 bits per heavy atom. The first-order chi connectivity index (χ1) is 15.9. The molecule has 0 unspecified atom stereocenters. The molecule has 0 aromatic carbocycles. The largest absolute Gasteiger partial charge is 0.353 e. The zero-order valence-electron chi connectivity index (χ0n) is 20.4. The van der Waals surface area contributed by atoms with Gasteiger partial charge in [0.05, 0.1) is 10.2 Å². The Morgan fingerprint density at radius 2 is 2.00 bits per heavy atom. The third-order valence-electron chi connectivity index (χ3n) is 7.06. The van der Waals surface area contributed by atoms with Crippen molar-refractivity contribution in [1.29, 1.82) is 0 Å². The number of nitrogens with zero attached hydrogens (tertiary/aromatic N) is 4. The van der Waals surface area contributed by atoms with E-state index in [1.807, 2.05) is 17.4 Å². The van der Waals surface area contributed by atoms with E-state index in [1.54, 1.807) is 11.3 Å². The number of rotatable bonds is 9. The molecule has 1 saturated carbocycles. The van der Waals surface area contributed by atoms with Crippen LogP contribution in [0.5, 0.6) is 0 Å². The lowest BCUT2D eigenvalue weighted by Crippen LogP contribution is -2.47. The molecule has 3 aromatic heterocycles. The monoisotopic (exact) mass is 471 g/mol. The smallest absolute Gasteiger partial charge is 0.291 e. The minimum absolute atomic E-state index is 0.0487. The third-order valence-corrected chi connectivity index (χ3v) is 8.05. The number of carbonyl (C=O) groups excluding carboxylic acids is 1. The maximum absolute atomic E-state index is 13.1. The van der Waals surface area contributed by atoms with Gasteiger partial charge >= 0.3 is 0 Å². The van der Waals surface area contributed by atoms with Crippen LogP contribution in [0.3, 0.4) is 0 Å². The predicted molar refractivity (Wildman–Crippen MR) is 135 cm³/mol. The number of hydrogen-bond acceptors (Lipinski definition) is 5. The maximum Gasteiger partial charge on any atom is 0.291 e. The number of hydrogen-bond donors (Lipinski definition) is 1. The van der Waals surface area contributed by atoms with E-state index in [0.717, 1.165) is 29.0 Å². The first-order valence-electron chi connectivity index (χ1n) is 12.5. The normalized spacial score (nSPS) is 16.2. The Balaban J connectivity index is 1.45. The van der Waals surface area contributed by atoms with Crippen molar-refractivity contribution in [3.8, 4) is 0 Å². The highest BCUT2D eigenvalue weighted by Gasteiger charge is 2.24. The molecule has 1 fully saturated rings. The molecule has 0 aliphatic heterocycles. The average molecular weight is 472 g/mol. The van der Waals surface area contributed by atoms with Gasteiger partial charge in [-0.2, -0.15) is 5.10 Å². The van der Waals surface area contributed by atoms with Crippen molar-refractivity contribution >= 4 is 33.0 Å². The minimum atomic E-state index is -0.216. The predicted octanol–water partition coefficient (Wildman–Crippen LogP) is 4.13. The van der Waals surface area contributed by atoms with E-state index in [1.165, 1.54) is 41.7 Å². The Labute approximate surface area is 199 Å². The molecule has 0 saturated heterocycles. The zero-order chi connectivity index (χ0) is 23.5. The van der Waals surface area contributed by atoms with Crippen LogP contribution in [0.4, 0.5) is 0 Å². The standard InChI is InChI=1S/C25H37N5O2S/c1-5-17(3)28(19-10-8-7-9-11-19)13-12-26-24(31)16-29-25(32)21-15-22-20(14-18(4)33-22)30(21)23(6-2)27-29/h14-15,17,19H,5-13,16H2,1-4H3,(H,26,31)/t17-/m1/s1. The van der Waals surface area contributed by atoms with Gasteiger partial charge in [0.25, 0.3) is 5.56 Å². The SMILES string of the molecule is CCc1nn(CC(=O)NCCN(C2CCCCC2)[C@H](C)CC)c(=O)c2cc3sc(C)cc3n12. The molecule has 3 aromatic rings. The van der Waals surface area contributed by atoms with Gasteiger partial charge in [0.15, 0.2) is 0 Å². The van der Waals surface area contributed by atoms with Gasteiger partial charge < -0.3 is 5.32 Å². The number of aromatic nitrogens is 3. The van der Waals surface area contributed by atoms with Crippen LogP contribution in [0, 0.1) is 6.92 Å². The van der Waals surface area contributed by atoms with Crippen molar-refractivity contribution in [3.63, 3.8) is 0 Å². The van der Waals surface area contributed by atoms with Crippen molar-refractivity contribution in [2.45, 2.75) is 91.3 Å². The van der Waals surface area contributed by atoms with Gasteiger partial charge in [0, 0.05) is 36.5 Å². The quantitative estimate of drug-likeness (QED) is 0.509. The highest BCUT2D eigenvalue weighted by Crippen LogP contribution is 2.28. The molecule has 7 nitrogen and oxygen atoms in total. The molecule has 0 spiro atoms. The Kier molecular flexibility index (Phi) is 7.54. The molecule has 1 aliphatic carbocycles. The molecule has 1 N–H and O–H groups in total. The van der Waals surface area contributed by atoms with Gasteiger partial charge in [0.2, 0.25) is 5.91 Å². The minimum Gasteiger partial charge on any atom is -0.353 e. The molecule has 180 valence electrons. The van der Waals surface area contributed by atoms with E-state index in [2.05, 4.69) is 42.2 Å². The first-order valence-corrected chi connectivity index (χ1v) is 13.3. The Bertz CT molecular complexity index is 1170. The second-order valence-corrected chi connectivity index (χ2v) is 10.6. The fourth-order valence-electron chi connectivity index (χ4n) is 5.18. The van der Waals surface area contributed by atoms with Crippen LogP contribution in [0.2, 0.25) is 0 Å². The van der Waals surface area contributed by atoms with E-state index in [0.29, 0.717) is 30.6 Å². The Morgan fingerprint density at radius 1 is 1.24 bits per heavy atom. The van der Waals surface area contributed by atoms with Crippen molar-refractivity contribution < 1.29 is 4.79 Å². The second kappa shape index (κ2) is 10.4. The molecule has 1 atom stereocenters. The summed E-state index contributed by atoms with van der Waals surface area (Å²) in [5.41, 5.74) is 1.40. The summed E-state index contributed by atoms with van der Waals surface area (Å²) in [4.78, 5) is 29.6. The van der Waals surface area contributed by atoms with Gasteiger partial charge in [-0.15, -0.1) is 11.3 Å². The van der Waals surface area contributed by atoms with Crippen LogP contribution in [0.15, 0.2) is 16.9 Å². The third kappa shape index (κ3) is 5.01. The Hall–Kier alpha value is -2.19. The van der Waals surface area contributed by atoms with Crippen LogP contribution < -0.4 is 10.9 Å². The van der Waals surface area contributed by atoms with Crippen molar-refractivity contribution in [3.05, 3.63) is 33.2 Å². The van der Waals surface area contributed by atoms with Crippen LogP contribution in [-0.2, 0) is 17.8 Å². The summed E-state index contributed by atoms with van der Waals surface area (Å²) in [7, 11) is 0. The fraction of sp³-hybridized carbons (Fsp3) is 0.640. The summed E-state index contributed by atoms with van der Waals surface area (Å²) in [6.45, 7) is 10.00. The summed E-state index contributed by atoms with van der Waals surface area (Å²) in [6.07, 6.45) is 8.25. The van der Waals surface area contributed by atoms with Crippen LogP contribution in [0.1, 0.15) is 70.0 Å². The van der Waals surface area contributed by atoms with Gasteiger partial charge in [-0.3, -0.25) is 18.9 Å². The van der Waals surface area contributed by atoms with Crippen molar-refractivity contribution in [1.82, 2.24) is 24.4 Å². The van der Waals surface area contributed by atoms with Gasteiger partial charge in [-0.05, 0) is 45.2 Å². The summed E-state index contributed by atoms with van der Waals surface area (Å²) in [5, 5.41) is 7.59. The number of fused-ring (bicyclic) bond motifs is 3. The number of carbonyl (C=O) groups is 1. The van der Waals surface area contributed by atoms with Gasteiger partial charge in [-0.1, -0.05) is 33.1 Å². The van der Waals surface area contributed by atoms with E-state index in [9.17, 15) is 9.59 Å². The lowest BCUT2D eigenvalue weighted by Gasteiger charge is -2.38. The van der Waals surface area contributed by atoms with E-state index >= 15 is 0 Å². The van der Waals surface area contributed by atoms with Gasteiger partial charge in [0.1, 0.15) is 17.9 Å².